The lowest BCUT2D eigenvalue weighted by Crippen LogP contribution is -2.44. The van der Waals surface area contributed by atoms with Crippen LogP contribution in [0.15, 0.2) is 65.8 Å². The predicted octanol–water partition coefficient (Wildman–Crippen LogP) is 3.74. The summed E-state index contributed by atoms with van der Waals surface area (Å²) in [5.41, 5.74) is 2.47. The van der Waals surface area contributed by atoms with E-state index in [1.54, 1.807) is 28.1 Å². The number of nitrogens with zero attached hydrogens (tertiary/aromatic N) is 3. The zero-order valence-corrected chi connectivity index (χ0v) is 20.4. The minimum absolute atomic E-state index is 0.0198. The molecular weight excluding hydrogens is 440 g/mol. The molecule has 0 spiro atoms. The van der Waals surface area contributed by atoms with Crippen molar-refractivity contribution >= 4 is 11.8 Å². The first-order valence-electron chi connectivity index (χ1n) is 12.2. The maximum absolute atomic E-state index is 13.4. The number of pyridine rings is 2. The Kier molecular flexibility index (Phi) is 7.75. The molecule has 1 saturated heterocycles. The number of piperidine rings is 1. The summed E-state index contributed by atoms with van der Waals surface area (Å²) in [6.07, 6.45) is 8.38. The normalized spacial score (nSPS) is 15.6. The highest BCUT2D eigenvalue weighted by molar-refractivity contribution is 5.99. The summed E-state index contributed by atoms with van der Waals surface area (Å²) < 4.78 is 1.76. The molecule has 1 N–H and O–H groups in total. The Hall–Kier alpha value is -3.74. The molecule has 0 unspecified atom stereocenters. The van der Waals surface area contributed by atoms with Crippen LogP contribution in [0.2, 0.25) is 0 Å². The van der Waals surface area contributed by atoms with Crippen molar-refractivity contribution in [1.82, 2.24) is 19.8 Å². The number of rotatable bonds is 7. The third-order valence-electron chi connectivity index (χ3n) is 6.54. The van der Waals surface area contributed by atoms with E-state index in [4.69, 9.17) is 0 Å². The van der Waals surface area contributed by atoms with Gasteiger partial charge in [-0.05, 0) is 50.8 Å². The number of aromatic nitrogens is 2. The third-order valence-corrected chi connectivity index (χ3v) is 6.54. The van der Waals surface area contributed by atoms with E-state index < -0.39 is 11.3 Å². The highest BCUT2D eigenvalue weighted by Crippen LogP contribution is 2.18. The Morgan fingerprint density at radius 3 is 2.54 bits per heavy atom. The molecule has 1 aliphatic heterocycles. The largest absolute Gasteiger partial charge is 0.352 e. The van der Waals surface area contributed by atoms with Gasteiger partial charge >= 0.3 is 0 Å². The Morgan fingerprint density at radius 2 is 1.83 bits per heavy atom. The van der Waals surface area contributed by atoms with Gasteiger partial charge in [0.05, 0.1) is 0 Å². The molecule has 35 heavy (non-hydrogen) atoms. The van der Waals surface area contributed by atoms with Crippen LogP contribution in [0.1, 0.15) is 63.7 Å². The molecule has 3 aromatic rings. The van der Waals surface area contributed by atoms with Crippen LogP contribution in [0.4, 0.5) is 0 Å². The van der Waals surface area contributed by atoms with Crippen molar-refractivity contribution in [3.05, 3.63) is 99.2 Å². The number of likely N-dealkylation sites (tertiary alicyclic amines) is 1. The molecule has 1 aliphatic rings. The van der Waals surface area contributed by atoms with Gasteiger partial charge in [0, 0.05) is 56.4 Å². The first-order valence-corrected chi connectivity index (χ1v) is 12.2. The first kappa shape index (κ1) is 24.4. The molecule has 182 valence electrons. The minimum atomic E-state index is -0.525. The number of nitrogens with one attached hydrogen (secondary N) is 1. The Balaban J connectivity index is 1.62. The second-order valence-corrected chi connectivity index (χ2v) is 9.24. The molecule has 0 aliphatic carbocycles. The second kappa shape index (κ2) is 11.1. The van der Waals surface area contributed by atoms with Crippen LogP contribution in [0.25, 0.3) is 0 Å². The van der Waals surface area contributed by atoms with E-state index in [0.717, 1.165) is 36.1 Å². The molecule has 1 fully saturated rings. The zero-order chi connectivity index (χ0) is 24.8. The second-order valence-electron chi connectivity index (χ2n) is 9.24. The van der Waals surface area contributed by atoms with Crippen LogP contribution in [-0.4, -0.2) is 38.9 Å². The average molecular weight is 473 g/mol. The molecule has 1 atom stereocenters. The highest BCUT2D eigenvalue weighted by atomic mass is 16.2. The van der Waals surface area contributed by atoms with Gasteiger partial charge in [0.2, 0.25) is 5.43 Å². The number of amides is 2. The van der Waals surface area contributed by atoms with Gasteiger partial charge in [-0.25, -0.2) is 0 Å². The van der Waals surface area contributed by atoms with Gasteiger partial charge in [0.15, 0.2) is 0 Å². The molecule has 3 heterocycles. The van der Waals surface area contributed by atoms with Crippen LogP contribution in [-0.2, 0) is 19.5 Å². The van der Waals surface area contributed by atoms with E-state index in [1.807, 2.05) is 56.3 Å². The number of hydrogen-bond acceptors (Lipinski definition) is 4. The maximum Gasteiger partial charge on any atom is 0.259 e. The summed E-state index contributed by atoms with van der Waals surface area (Å²) in [7, 11) is 0. The summed E-state index contributed by atoms with van der Waals surface area (Å²) >= 11 is 0. The standard InChI is InChI=1S/C28H32N4O3/c1-20-9-11-22(12-10-20)17-30-27(34)24-18-31(16-13-23-8-3-5-14-29-23)19-25(26(24)33)28(35)32-15-6-4-7-21(32)2/h3,5,8-12,14,18-19,21H,4,6-7,13,15-17H2,1-2H3,(H,30,34)/t21-/m1/s1. The number of carbonyl (C=O) groups is 2. The van der Waals surface area contributed by atoms with Crippen molar-refractivity contribution < 1.29 is 9.59 Å². The average Bonchev–Trinajstić information content (AvgIpc) is 2.88. The first-order chi connectivity index (χ1) is 16.9. The van der Waals surface area contributed by atoms with E-state index >= 15 is 0 Å². The van der Waals surface area contributed by atoms with Crippen LogP contribution in [0.5, 0.6) is 0 Å². The van der Waals surface area contributed by atoms with Gasteiger partial charge in [-0.1, -0.05) is 35.9 Å². The van der Waals surface area contributed by atoms with Gasteiger partial charge in [0.25, 0.3) is 11.8 Å². The zero-order valence-electron chi connectivity index (χ0n) is 20.4. The van der Waals surface area contributed by atoms with Gasteiger partial charge in [0.1, 0.15) is 11.1 Å². The van der Waals surface area contributed by atoms with Gasteiger partial charge in [-0.3, -0.25) is 19.4 Å². The van der Waals surface area contributed by atoms with Gasteiger partial charge < -0.3 is 14.8 Å². The van der Waals surface area contributed by atoms with Crippen molar-refractivity contribution in [1.29, 1.82) is 0 Å². The number of hydrogen-bond donors (Lipinski definition) is 1. The van der Waals surface area contributed by atoms with Crippen molar-refractivity contribution in [2.45, 2.75) is 58.7 Å². The van der Waals surface area contributed by atoms with E-state index in [0.29, 0.717) is 26.1 Å². The highest BCUT2D eigenvalue weighted by Gasteiger charge is 2.28. The molecular formula is C28H32N4O3. The van der Waals surface area contributed by atoms with Crippen molar-refractivity contribution in [3.8, 4) is 0 Å². The summed E-state index contributed by atoms with van der Waals surface area (Å²) in [5, 5.41) is 2.84. The molecule has 4 rings (SSSR count). The number of aryl methyl sites for hydroxylation is 3. The molecule has 0 saturated carbocycles. The monoisotopic (exact) mass is 472 g/mol. The Bertz CT molecular complexity index is 1240. The maximum atomic E-state index is 13.4. The fraction of sp³-hybridized carbons (Fsp3) is 0.357. The predicted molar refractivity (Wildman–Crippen MR) is 135 cm³/mol. The Morgan fingerprint density at radius 1 is 1.06 bits per heavy atom. The van der Waals surface area contributed by atoms with Gasteiger partial charge in [-0.15, -0.1) is 0 Å². The fourth-order valence-corrected chi connectivity index (χ4v) is 4.40. The van der Waals surface area contributed by atoms with Gasteiger partial charge in [-0.2, -0.15) is 0 Å². The quantitative estimate of drug-likeness (QED) is 0.568. The number of carbonyl (C=O) groups excluding carboxylic acids is 2. The summed E-state index contributed by atoms with van der Waals surface area (Å²) in [6.45, 7) is 5.42. The molecule has 2 aromatic heterocycles. The smallest absolute Gasteiger partial charge is 0.259 e. The summed E-state index contributed by atoms with van der Waals surface area (Å²) in [5.74, 6) is -0.787. The molecule has 2 amide bonds. The topological polar surface area (TPSA) is 84.3 Å². The lowest BCUT2D eigenvalue weighted by atomic mass is 10.0. The fourth-order valence-electron chi connectivity index (χ4n) is 4.40. The lowest BCUT2D eigenvalue weighted by molar-refractivity contribution is 0.0633. The Labute approximate surface area is 205 Å². The molecule has 0 bridgehead atoms. The van der Waals surface area contributed by atoms with Crippen molar-refractivity contribution in [2.24, 2.45) is 0 Å². The SMILES string of the molecule is Cc1ccc(CNC(=O)c2cn(CCc3ccccn3)cc(C(=O)N3CCCC[C@H]3C)c2=O)cc1. The molecule has 7 nitrogen and oxygen atoms in total. The van der Waals surface area contributed by atoms with Crippen LogP contribution < -0.4 is 10.7 Å². The third kappa shape index (κ3) is 6.04. The lowest BCUT2D eigenvalue weighted by Gasteiger charge is -2.33. The molecule has 1 aromatic carbocycles. The van der Waals surface area contributed by atoms with Crippen molar-refractivity contribution in [2.75, 3.05) is 6.54 Å². The minimum Gasteiger partial charge on any atom is -0.352 e. The van der Waals surface area contributed by atoms with E-state index in [1.165, 1.54) is 0 Å². The van der Waals surface area contributed by atoms with Crippen LogP contribution >= 0.6 is 0 Å². The van der Waals surface area contributed by atoms with Crippen LogP contribution in [0, 0.1) is 6.92 Å². The molecule has 0 radical (unpaired) electrons. The van der Waals surface area contributed by atoms with Crippen LogP contribution in [0.3, 0.4) is 0 Å². The van der Waals surface area contributed by atoms with E-state index in [2.05, 4.69) is 10.3 Å². The van der Waals surface area contributed by atoms with E-state index in [-0.39, 0.29) is 23.1 Å². The van der Waals surface area contributed by atoms with Crippen molar-refractivity contribution in [3.63, 3.8) is 0 Å². The van der Waals surface area contributed by atoms with E-state index in [9.17, 15) is 14.4 Å². The number of benzene rings is 1. The summed E-state index contributed by atoms with van der Waals surface area (Å²) in [4.78, 5) is 46.0. The summed E-state index contributed by atoms with van der Waals surface area (Å²) in [6, 6.07) is 13.6. The molecule has 7 heteroatoms.